The van der Waals surface area contributed by atoms with Crippen LogP contribution in [0.4, 0.5) is 10.5 Å². The number of likely N-dealkylation sites (tertiary alicyclic amines) is 1. The molecule has 3 amide bonds. The van der Waals surface area contributed by atoms with Gasteiger partial charge in [0.2, 0.25) is 5.91 Å². The van der Waals surface area contributed by atoms with E-state index in [2.05, 4.69) is 10.6 Å². The van der Waals surface area contributed by atoms with Crippen molar-refractivity contribution in [2.75, 3.05) is 18.4 Å². The lowest BCUT2D eigenvalue weighted by Gasteiger charge is -2.32. The fraction of sp³-hybridized carbons (Fsp3) is 0.600. The summed E-state index contributed by atoms with van der Waals surface area (Å²) in [5.74, 6) is 0.549. The number of hydrogen-bond donors (Lipinski definition) is 2. The van der Waals surface area contributed by atoms with E-state index < -0.39 is 0 Å². The molecule has 2 aliphatic rings. The molecule has 142 valence electrons. The van der Waals surface area contributed by atoms with Gasteiger partial charge in [0.1, 0.15) is 0 Å². The molecule has 6 heteroatoms. The Hall–Kier alpha value is -1.75. The zero-order valence-corrected chi connectivity index (χ0v) is 15.9. The second-order valence-corrected chi connectivity index (χ2v) is 7.91. The Morgan fingerprint density at radius 3 is 2.50 bits per heavy atom. The standard InChI is InChI=1S/C20H28ClN3O2/c21-16-5-4-8-18(14-16)23-20(26)24-11-9-15(10-12-24)13-19(25)22-17-6-2-1-3-7-17/h4-5,8,14-15,17H,1-3,6-7,9-13H2,(H,22,25)(H,23,26). The van der Waals surface area contributed by atoms with Gasteiger partial charge in [0.25, 0.3) is 0 Å². The van der Waals surface area contributed by atoms with Crippen LogP contribution in [0.1, 0.15) is 51.4 Å². The maximum atomic E-state index is 12.4. The summed E-state index contributed by atoms with van der Waals surface area (Å²) in [6.45, 7) is 1.38. The van der Waals surface area contributed by atoms with Crippen LogP contribution in [0.15, 0.2) is 24.3 Å². The highest BCUT2D eigenvalue weighted by atomic mass is 35.5. The van der Waals surface area contributed by atoms with Crippen LogP contribution in [-0.4, -0.2) is 36.0 Å². The molecule has 26 heavy (non-hydrogen) atoms. The number of anilines is 1. The first-order chi connectivity index (χ1) is 12.6. The molecular formula is C20H28ClN3O2. The number of benzene rings is 1. The van der Waals surface area contributed by atoms with Crippen molar-refractivity contribution in [2.24, 2.45) is 5.92 Å². The molecule has 1 aromatic carbocycles. The average Bonchev–Trinajstić information content (AvgIpc) is 2.63. The highest BCUT2D eigenvalue weighted by molar-refractivity contribution is 6.30. The molecule has 0 radical (unpaired) electrons. The first kappa shape index (κ1) is 19.0. The summed E-state index contributed by atoms with van der Waals surface area (Å²) in [6, 6.07) is 7.43. The van der Waals surface area contributed by atoms with Gasteiger partial charge in [0, 0.05) is 36.3 Å². The molecule has 1 saturated carbocycles. The number of carbonyl (C=O) groups excluding carboxylic acids is 2. The molecule has 0 aromatic heterocycles. The van der Waals surface area contributed by atoms with Gasteiger partial charge >= 0.3 is 6.03 Å². The Kier molecular flexibility index (Phi) is 6.78. The predicted octanol–water partition coefficient (Wildman–Crippen LogP) is 4.42. The van der Waals surface area contributed by atoms with Crippen LogP contribution in [0.5, 0.6) is 0 Å². The van der Waals surface area contributed by atoms with Gasteiger partial charge < -0.3 is 15.5 Å². The molecular weight excluding hydrogens is 350 g/mol. The van der Waals surface area contributed by atoms with Gasteiger partial charge in [0.05, 0.1) is 0 Å². The van der Waals surface area contributed by atoms with Gasteiger partial charge in [-0.05, 0) is 49.8 Å². The number of carbonyl (C=O) groups is 2. The largest absolute Gasteiger partial charge is 0.353 e. The van der Waals surface area contributed by atoms with E-state index in [0.717, 1.165) is 25.7 Å². The van der Waals surface area contributed by atoms with E-state index >= 15 is 0 Å². The van der Waals surface area contributed by atoms with Crippen LogP contribution in [0, 0.1) is 5.92 Å². The molecule has 1 aliphatic carbocycles. The van der Waals surface area contributed by atoms with Crippen molar-refractivity contribution in [3.8, 4) is 0 Å². The zero-order valence-electron chi connectivity index (χ0n) is 15.2. The Balaban J connectivity index is 1.39. The third-order valence-electron chi connectivity index (χ3n) is 5.42. The molecule has 2 N–H and O–H groups in total. The van der Waals surface area contributed by atoms with Crippen molar-refractivity contribution in [1.29, 1.82) is 0 Å². The van der Waals surface area contributed by atoms with Crippen molar-refractivity contribution in [1.82, 2.24) is 10.2 Å². The molecule has 0 bridgehead atoms. The third-order valence-corrected chi connectivity index (χ3v) is 5.66. The fourth-order valence-electron chi connectivity index (χ4n) is 3.90. The Morgan fingerprint density at radius 2 is 1.81 bits per heavy atom. The number of nitrogens with one attached hydrogen (secondary N) is 2. The molecule has 0 unspecified atom stereocenters. The molecule has 1 aromatic rings. The average molecular weight is 378 g/mol. The van der Waals surface area contributed by atoms with Gasteiger partial charge in [-0.15, -0.1) is 0 Å². The van der Waals surface area contributed by atoms with Gasteiger partial charge in [-0.1, -0.05) is 36.9 Å². The van der Waals surface area contributed by atoms with Crippen molar-refractivity contribution in [3.63, 3.8) is 0 Å². The third kappa shape index (κ3) is 5.63. The van der Waals surface area contributed by atoms with Gasteiger partial charge in [-0.2, -0.15) is 0 Å². The summed E-state index contributed by atoms with van der Waals surface area (Å²) < 4.78 is 0. The Labute approximate surface area is 160 Å². The van der Waals surface area contributed by atoms with Crippen LogP contribution in [-0.2, 0) is 4.79 Å². The lowest BCUT2D eigenvalue weighted by molar-refractivity contribution is -0.123. The maximum absolute atomic E-state index is 12.4. The van der Waals surface area contributed by atoms with Crippen LogP contribution in [0.25, 0.3) is 0 Å². The van der Waals surface area contributed by atoms with E-state index in [1.807, 2.05) is 17.0 Å². The highest BCUT2D eigenvalue weighted by Gasteiger charge is 2.25. The summed E-state index contributed by atoms with van der Waals surface area (Å²) in [6.07, 6.45) is 8.32. The summed E-state index contributed by atoms with van der Waals surface area (Å²) in [4.78, 5) is 26.4. The van der Waals surface area contributed by atoms with E-state index in [0.29, 0.717) is 42.2 Å². The second kappa shape index (κ2) is 9.26. The summed E-state index contributed by atoms with van der Waals surface area (Å²) in [5.41, 5.74) is 0.705. The van der Waals surface area contributed by atoms with Gasteiger partial charge in [0.15, 0.2) is 0 Å². The number of piperidine rings is 1. The van der Waals surface area contributed by atoms with Crippen LogP contribution in [0.3, 0.4) is 0 Å². The van der Waals surface area contributed by atoms with E-state index in [4.69, 9.17) is 11.6 Å². The molecule has 1 saturated heterocycles. The second-order valence-electron chi connectivity index (χ2n) is 7.48. The molecule has 1 aliphatic heterocycles. The summed E-state index contributed by atoms with van der Waals surface area (Å²) in [5, 5.41) is 6.68. The van der Waals surface area contributed by atoms with Gasteiger partial charge in [-0.25, -0.2) is 4.79 Å². The first-order valence-corrected chi connectivity index (χ1v) is 10.1. The minimum Gasteiger partial charge on any atom is -0.353 e. The Morgan fingerprint density at radius 1 is 1.08 bits per heavy atom. The molecule has 0 atom stereocenters. The predicted molar refractivity (Wildman–Crippen MR) is 104 cm³/mol. The van der Waals surface area contributed by atoms with Crippen molar-refractivity contribution >= 4 is 29.2 Å². The van der Waals surface area contributed by atoms with E-state index in [1.165, 1.54) is 19.3 Å². The van der Waals surface area contributed by atoms with Crippen molar-refractivity contribution < 1.29 is 9.59 Å². The Bertz CT molecular complexity index is 623. The van der Waals surface area contributed by atoms with Crippen LogP contribution >= 0.6 is 11.6 Å². The van der Waals surface area contributed by atoms with Crippen molar-refractivity contribution in [2.45, 2.75) is 57.4 Å². The zero-order chi connectivity index (χ0) is 18.4. The summed E-state index contributed by atoms with van der Waals surface area (Å²) in [7, 11) is 0. The molecule has 0 spiro atoms. The first-order valence-electron chi connectivity index (χ1n) is 9.71. The number of halogens is 1. The topological polar surface area (TPSA) is 61.4 Å². The molecule has 3 rings (SSSR count). The van der Waals surface area contributed by atoms with Gasteiger partial charge in [-0.3, -0.25) is 4.79 Å². The van der Waals surface area contributed by atoms with E-state index in [1.54, 1.807) is 12.1 Å². The lowest BCUT2D eigenvalue weighted by Crippen LogP contribution is -2.42. The summed E-state index contributed by atoms with van der Waals surface area (Å²) >= 11 is 5.95. The van der Waals surface area contributed by atoms with Crippen LogP contribution < -0.4 is 10.6 Å². The molecule has 5 nitrogen and oxygen atoms in total. The molecule has 1 heterocycles. The minimum atomic E-state index is -0.0997. The molecule has 2 fully saturated rings. The van der Waals surface area contributed by atoms with Crippen LogP contribution in [0.2, 0.25) is 5.02 Å². The number of nitrogens with zero attached hydrogens (tertiary/aromatic N) is 1. The smallest absolute Gasteiger partial charge is 0.321 e. The number of amides is 3. The normalized spacial score (nSPS) is 19.2. The minimum absolute atomic E-state index is 0.0997. The maximum Gasteiger partial charge on any atom is 0.321 e. The monoisotopic (exact) mass is 377 g/mol. The lowest BCUT2D eigenvalue weighted by atomic mass is 9.92. The number of rotatable bonds is 4. The SMILES string of the molecule is O=C(CC1CCN(C(=O)Nc2cccc(Cl)c2)CC1)NC1CCCCC1. The number of urea groups is 1. The fourth-order valence-corrected chi connectivity index (χ4v) is 4.09. The van der Waals surface area contributed by atoms with Crippen molar-refractivity contribution in [3.05, 3.63) is 29.3 Å². The quantitative estimate of drug-likeness (QED) is 0.815. The number of hydrogen-bond acceptors (Lipinski definition) is 2. The van der Waals surface area contributed by atoms with E-state index in [9.17, 15) is 9.59 Å². The van der Waals surface area contributed by atoms with E-state index in [-0.39, 0.29) is 11.9 Å². The highest BCUT2D eigenvalue weighted by Crippen LogP contribution is 2.23.